The number of guanidine groups is 2. The van der Waals surface area contributed by atoms with Crippen LogP contribution in [0.1, 0.15) is 167 Å². The Bertz CT molecular complexity index is 3780. The summed E-state index contributed by atoms with van der Waals surface area (Å²) in [6.07, 6.45) is 2.89. The molecule has 9 saturated heterocycles. The van der Waals surface area contributed by atoms with Crippen molar-refractivity contribution < 1.29 is 96.5 Å². The van der Waals surface area contributed by atoms with Crippen molar-refractivity contribution in [3.63, 3.8) is 0 Å². The minimum atomic E-state index is -1.74. The number of nitrogens with zero attached hydrogens (tertiary/aromatic N) is 10. The van der Waals surface area contributed by atoms with Gasteiger partial charge in [0.1, 0.15) is 84.6 Å². The predicted octanol–water partition coefficient (Wildman–Crippen LogP) is -7.99. The van der Waals surface area contributed by atoms with Gasteiger partial charge in [-0.25, -0.2) is 0 Å². The third-order valence-corrected chi connectivity index (χ3v) is 22.9. The summed E-state index contributed by atoms with van der Waals surface area (Å²) in [7, 11) is 0. The van der Waals surface area contributed by atoms with Crippen molar-refractivity contribution in [3.05, 3.63) is 0 Å². The predicted molar refractivity (Wildman–Crippen MR) is 403 cm³/mol. The molecule has 0 saturated carbocycles. The Labute approximate surface area is 663 Å². The van der Waals surface area contributed by atoms with Crippen LogP contribution < -0.4 is 71.6 Å². The first-order valence-corrected chi connectivity index (χ1v) is 39.9. The number of primary amides is 2. The SMILES string of the molecule is C[C@H](NC(=O)[C@H](CCCN=C(N)N)NC(=O)[C@@H]1CCCN1C(=O)[C@@H]1CCCN1C(=O)[C@H](CC(N)=O)NC(=O)[C@@H]1CCCN1C(=O)[C@@H]1CCCN1C(=O)[C@H](CC(N)=O)NC(=O)[C@@H]1CCCN1C(=O)[C@@H]1CCCN1C(=O)[C@H](CC(=O)O)NC(=O)[C@@H]1CCCN1C(=O)[C@@H]1CCCN1C(=O)[C@H](CCCN=C(N)N)NC(=O)[C@@H]1CCCN1)C(=O)O. The van der Waals surface area contributed by atoms with Crippen LogP contribution in [0.5, 0.6) is 0 Å². The summed E-state index contributed by atoms with van der Waals surface area (Å²) in [4.78, 5) is 268. The van der Waals surface area contributed by atoms with Crippen LogP contribution in [-0.2, 0) is 86.3 Å². The standard InChI is InChI=1S/C72H111N23O20/c1-38(70(114)115)82-57(101)40(14-3-25-80-71(75)76)83-58(102)45-16-5-27-88(45)67(111)50-21-10-32-93(50)63(107)42(35-53(73)96)85-59(103)46-17-6-28-89(46)68(112)51-22-11-33-94(51)64(108)43(36-54(74)97)86-60(104)47-18-7-29-90(47)69(113)52-23-12-34-95(52)65(109)44(37-55(98)99)87-61(105)48-19-8-30-91(48)66(110)49-20-9-31-92(49)62(106)41(15-4-26-81-72(77)78)84-56(100)39-13-2-24-79-39/h38-52,79H,2-37H2,1H3,(H2,73,96)(H2,74,97)(H,82,101)(H,83,102)(H,84,100)(H,85,103)(H,86,104)(H,87,105)(H,98,99)(H,114,115)(H4,75,76,80)(H4,77,78,81)/t38-,39-,40-,41-,42-,43-,44-,45-,46-,47-,48-,49-,50-,51-,52-/m0/s1. The first kappa shape index (κ1) is 87.9. The molecule has 634 valence electrons. The van der Waals surface area contributed by atoms with E-state index in [0.29, 0.717) is 45.1 Å². The second kappa shape index (κ2) is 40.3. The number of nitrogens with one attached hydrogen (secondary N) is 7. The summed E-state index contributed by atoms with van der Waals surface area (Å²) in [5, 5.41) is 38.3. The molecule has 9 heterocycles. The van der Waals surface area contributed by atoms with E-state index in [2.05, 4.69) is 47.2 Å². The van der Waals surface area contributed by atoms with Gasteiger partial charge < -0.3 is 121 Å². The highest BCUT2D eigenvalue weighted by Gasteiger charge is 2.51. The zero-order valence-corrected chi connectivity index (χ0v) is 64.8. The largest absolute Gasteiger partial charge is 0.481 e. The number of carbonyl (C=O) groups excluding carboxylic acids is 16. The van der Waals surface area contributed by atoms with E-state index in [1.54, 1.807) is 0 Å². The van der Waals surface area contributed by atoms with Gasteiger partial charge in [0.2, 0.25) is 94.5 Å². The van der Waals surface area contributed by atoms with Crippen molar-refractivity contribution in [1.82, 2.24) is 76.4 Å². The molecule has 9 rings (SSSR count). The van der Waals surface area contributed by atoms with Crippen LogP contribution in [0.3, 0.4) is 0 Å². The van der Waals surface area contributed by atoms with Crippen LogP contribution in [0.2, 0.25) is 0 Å². The van der Waals surface area contributed by atoms with Crippen molar-refractivity contribution >= 4 is 118 Å². The summed E-state index contributed by atoms with van der Waals surface area (Å²) in [6, 6.07) is -18.8. The third kappa shape index (κ3) is 22.1. The molecule has 9 aliphatic rings. The third-order valence-electron chi connectivity index (χ3n) is 22.9. The number of likely N-dealkylation sites (tertiary alicyclic amines) is 8. The number of amides is 16. The molecule has 0 radical (unpaired) electrons. The number of hydrogen-bond donors (Lipinski definition) is 15. The summed E-state index contributed by atoms with van der Waals surface area (Å²) in [5.41, 5.74) is 33.2. The Hall–Kier alpha value is -11.0. The zero-order chi connectivity index (χ0) is 83.6. The lowest BCUT2D eigenvalue weighted by Gasteiger charge is -2.35. The van der Waals surface area contributed by atoms with Crippen molar-refractivity contribution in [3.8, 4) is 0 Å². The molecule has 0 aromatic heterocycles. The normalized spacial score (nSPS) is 24.7. The Kier molecular flexibility index (Phi) is 30.8. The second-order valence-electron chi connectivity index (χ2n) is 30.9. The highest BCUT2D eigenvalue weighted by molar-refractivity contribution is 6.03. The number of carboxylic acid groups (broad SMARTS) is 2. The molecule has 0 aromatic carbocycles. The van der Waals surface area contributed by atoms with Crippen LogP contribution in [0.15, 0.2) is 9.98 Å². The molecule has 0 aliphatic carbocycles. The molecule has 16 amide bonds. The first-order chi connectivity index (χ1) is 54.8. The Morgan fingerprint density at radius 3 is 0.939 bits per heavy atom. The van der Waals surface area contributed by atoms with Crippen molar-refractivity contribution in [1.29, 1.82) is 0 Å². The van der Waals surface area contributed by atoms with E-state index in [0.717, 1.165) is 16.2 Å². The number of hydrogen-bond acceptors (Lipinski definition) is 21. The Balaban J connectivity index is 0.808. The van der Waals surface area contributed by atoms with Gasteiger partial charge in [-0.3, -0.25) is 96.3 Å². The minimum absolute atomic E-state index is 0.00324. The topological polar surface area (TPSA) is 639 Å². The molecule has 15 atom stereocenters. The van der Waals surface area contributed by atoms with Gasteiger partial charge in [-0.05, 0) is 155 Å². The van der Waals surface area contributed by atoms with Crippen LogP contribution in [-0.4, -0.2) is 330 Å². The molecular formula is C72H111N23O20. The number of carboxylic acids is 2. The molecule has 0 bridgehead atoms. The minimum Gasteiger partial charge on any atom is -0.481 e. The second-order valence-corrected chi connectivity index (χ2v) is 30.9. The molecule has 0 aromatic rings. The average Bonchev–Trinajstić information content (AvgIpc) is 1.68. The van der Waals surface area contributed by atoms with Crippen molar-refractivity contribution in [2.45, 2.75) is 258 Å². The molecule has 21 N–H and O–H groups in total. The quantitative estimate of drug-likeness (QED) is 0.0159. The summed E-state index contributed by atoms with van der Waals surface area (Å²) in [6.45, 7) is 2.32. The van der Waals surface area contributed by atoms with Gasteiger partial charge in [-0.15, -0.1) is 0 Å². The Morgan fingerprint density at radius 1 is 0.357 bits per heavy atom. The number of aliphatic carboxylic acids is 2. The number of carbonyl (C=O) groups is 18. The van der Waals surface area contributed by atoms with Gasteiger partial charge in [0.25, 0.3) is 0 Å². The van der Waals surface area contributed by atoms with E-state index in [1.807, 2.05) is 0 Å². The lowest BCUT2D eigenvalue weighted by Crippen LogP contribution is -2.60. The molecule has 43 heteroatoms. The van der Waals surface area contributed by atoms with E-state index >= 15 is 0 Å². The fraction of sp³-hybridized carbons (Fsp3) is 0.722. The summed E-state index contributed by atoms with van der Waals surface area (Å²) < 4.78 is 0. The summed E-state index contributed by atoms with van der Waals surface area (Å²) >= 11 is 0. The molecule has 0 spiro atoms. The monoisotopic (exact) mass is 1620 g/mol. The number of aliphatic imine (C=N–C) groups is 2. The maximum Gasteiger partial charge on any atom is 0.325 e. The van der Waals surface area contributed by atoms with Gasteiger partial charge in [0, 0.05) is 65.4 Å². The number of rotatable bonds is 35. The molecule has 43 nitrogen and oxygen atoms in total. The first-order valence-electron chi connectivity index (χ1n) is 39.9. The van der Waals surface area contributed by atoms with E-state index in [4.69, 9.17) is 34.4 Å². The van der Waals surface area contributed by atoms with Crippen LogP contribution in [0.4, 0.5) is 0 Å². The fourth-order valence-corrected chi connectivity index (χ4v) is 17.3. The van der Waals surface area contributed by atoms with E-state index in [9.17, 15) is 96.5 Å². The highest BCUT2D eigenvalue weighted by Crippen LogP contribution is 2.33. The molecule has 9 fully saturated rings. The van der Waals surface area contributed by atoms with E-state index < -0.39 is 210 Å². The maximum absolute atomic E-state index is 14.8. The highest BCUT2D eigenvalue weighted by atomic mass is 16.4. The van der Waals surface area contributed by atoms with Gasteiger partial charge in [0.05, 0.1) is 25.3 Å². The van der Waals surface area contributed by atoms with Crippen LogP contribution in [0, 0.1) is 0 Å². The Morgan fingerprint density at radius 2 is 0.643 bits per heavy atom. The maximum atomic E-state index is 14.8. The number of nitrogens with two attached hydrogens (primary N) is 6. The van der Waals surface area contributed by atoms with Gasteiger partial charge in [0.15, 0.2) is 11.9 Å². The van der Waals surface area contributed by atoms with Gasteiger partial charge in [-0.2, -0.15) is 0 Å². The lowest BCUT2D eigenvalue weighted by atomic mass is 10.1. The van der Waals surface area contributed by atoms with Gasteiger partial charge >= 0.3 is 11.9 Å². The zero-order valence-electron chi connectivity index (χ0n) is 64.8. The molecule has 115 heavy (non-hydrogen) atoms. The molecule has 0 unspecified atom stereocenters. The fourth-order valence-electron chi connectivity index (χ4n) is 17.3. The molecular weight excluding hydrogens is 1510 g/mol. The molecule has 9 aliphatic heterocycles. The van der Waals surface area contributed by atoms with Crippen molar-refractivity contribution in [2.75, 3.05) is 72.0 Å². The van der Waals surface area contributed by atoms with Crippen LogP contribution >= 0.6 is 0 Å². The van der Waals surface area contributed by atoms with Gasteiger partial charge in [-0.1, -0.05) is 0 Å². The smallest absolute Gasteiger partial charge is 0.325 e. The average molecular weight is 1620 g/mol. The van der Waals surface area contributed by atoms with E-state index in [-0.39, 0.29) is 180 Å². The summed E-state index contributed by atoms with van der Waals surface area (Å²) in [5.74, 6) is -15.5. The van der Waals surface area contributed by atoms with Crippen molar-refractivity contribution in [2.24, 2.45) is 44.4 Å². The van der Waals surface area contributed by atoms with Crippen LogP contribution in [0.25, 0.3) is 0 Å². The lowest BCUT2D eigenvalue weighted by molar-refractivity contribution is -0.151. The van der Waals surface area contributed by atoms with E-state index in [1.165, 1.54) is 36.3 Å².